The number of aromatic nitrogens is 1. The van der Waals surface area contributed by atoms with Gasteiger partial charge in [-0.05, 0) is 25.5 Å². The Hall–Kier alpha value is -0.850. The molecule has 0 fully saturated rings. The predicted octanol–water partition coefficient (Wildman–Crippen LogP) is 1.50. The summed E-state index contributed by atoms with van der Waals surface area (Å²) in [6.07, 6.45) is 1.84. The Bertz CT molecular complexity index is 143. The van der Waals surface area contributed by atoms with E-state index in [0.717, 1.165) is 11.3 Å². The lowest BCUT2D eigenvalue weighted by Gasteiger charge is -1.88. The Morgan fingerprint density at radius 3 is 2.62 bits per heavy atom. The van der Waals surface area contributed by atoms with Gasteiger partial charge in [0.25, 0.3) is 0 Å². The van der Waals surface area contributed by atoms with E-state index in [0.29, 0.717) is 0 Å². The molecule has 0 aliphatic heterocycles. The smallest absolute Gasteiger partial charge is 0.0451 e. The molecule has 0 aliphatic carbocycles. The zero-order chi connectivity index (χ0) is 5.98. The second-order valence-electron chi connectivity index (χ2n) is 1.88. The zero-order valence-electron chi connectivity index (χ0n) is 5.10. The highest BCUT2D eigenvalue weighted by Crippen LogP contribution is 1.93. The third-order valence-electron chi connectivity index (χ3n) is 0.971. The van der Waals surface area contributed by atoms with Gasteiger partial charge in [0.1, 0.15) is 0 Å². The van der Waals surface area contributed by atoms with Crippen molar-refractivity contribution in [2.24, 2.45) is 0 Å². The molecule has 1 radical (unpaired) electrons. The average Bonchev–Trinajstić information content (AvgIpc) is 1.77. The molecule has 1 aromatic heterocycles. The largest absolute Gasteiger partial charge is 0.261 e. The summed E-state index contributed by atoms with van der Waals surface area (Å²) < 4.78 is 0. The quantitative estimate of drug-likeness (QED) is 0.488. The number of aryl methyl sites for hydroxylation is 2. The first-order chi connectivity index (χ1) is 3.79. The van der Waals surface area contributed by atoms with Crippen molar-refractivity contribution >= 4 is 0 Å². The van der Waals surface area contributed by atoms with E-state index in [1.807, 2.05) is 26.1 Å². The number of hydrogen-bond donors (Lipinski definition) is 0. The fourth-order valence-corrected chi connectivity index (χ4v) is 0.491. The van der Waals surface area contributed by atoms with Crippen LogP contribution in [0.25, 0.3) is 0 Å². The molecule has 0 aliphatic rings. The highest BCUT2D eigenvalue weighted by atomic mass is 14.6. The van der Waals surface area contributed by atoms with Gasteiger partial charge in [0, 0.05) is 18.0 Å². The maximum absolute atomic E-state index is 4.02. The topological polar surface area (TPSA) is 12.9 Å². The third kappa shape index (κ3) is 1.06. The van der Waals surface area contributed by atoms with Gasteiger partial charge in [-0.15, -0.1) is 0 Å². The van der Waals surface area contributed by atoms with Crippen molar-refractivity contribution in [2.75, 3.05) is 0 Å². The van der Waals surface area contributed by atoms with Crippen LogP contribution in [0.2, 0.25) is 0 Å². The van der Waals surface area contributed by atoms with Crippen LogP contribution in [0.3, 0.4) is 0 Å². The summed E-state index contributed by atoms with van der Waals surface area (Å²) in [7, 11) is 0. The van der Waals surface area contributed by atoms with Crippen LogP contribution in [0.4, 0.5) is 0 Å². The third-order valence-corrected chi connectivity index (χ3v) is 0.971. The van der Waals surface area contributed by atoms with Crippen LogP contribution in [0, 0.1) is 19.9 Å². The van der Waals surface area contributed by atoms with Gasteiger partial charge in [-0.3, -0.25) is 4.98 Å². The van der Waals surface area contributed by atoms with Crippen LogP contribution >= 0.6 is 0 Å². The first kappa shape index (κ1) is 5.29. The lowest BCUT2D eigenvalue weighted by Crippen LogP contribution is -1.79. The number of hydrogen-bond acceptors (Lipinski definition) is 1. The standard InChI is InChI=1S/C7H8N/c1-6-3-4-7(2)8-5-6/h3,5H,1-2H3. The monoisotopic (exact) mass is 106 g/mol. The molecule has 0 aromatic carbocycles. The van der Waals surface area contributed by atoms with Crippen LogP contribution in [0.15, 0.2) is 12.3 Å². The first-order valence-electron chi connectivity index (χ1n) is 2.60. The Labute approximate surface area is 49.4 Å². The molecule has 1 rings (SSSR count). The fraction of sp³-hybridized carbons (Fsp3) is 0.286. The van der Waals surface area contributed by atoms with Crippen molar-refractivity contribution in [1.29, 1.82) is 0 Å². The van der Waals surface area contributed by atoms with E-state index in [2.05, 4.69) is 11.1 Å². The van der Waals surface area contributed by atoms with Crippen LogP contribution in [0.1, 0.15) is 11.3 Å². The van der Waals surface area contributed by atoms with Crippen molar-refractivity contribution in [2.45, 2.75) is 13.8 Å². The van der Waals surface area contributed by atoms with Crippen molar-refractivity contribution < 1.29 is 0 Å². The van der Waals surface area contributed by atoms with Crippen molar-refractivity contribution in [3.05, 3.63) is 29.6 Å². The Balaban J connectivity index is 3.03. The van der Waals surface area contributed by atoms with Crippen LogP contribution < -0.4 is 0 Å². The van der Waals surface area contributed by atoms with E-state index < -0.39 is 0 Å². The van der Waals surface area contributed by atoms with Gasteiger partial charge in [-0.25, -0.2) is 0 Å². The fourth-order valence-electron chi connectivity index (χ4n) is 0.491. The number of pyridine rings is 1. The SMILES string of the molecule is Cc1c[c]c(C)nc1. The maximum Gasteiger partial charge on any atom is 0.0451 e. The van der Waals surface area contributed by atoms with Gasteiger partial charge in [0.05, 0.1) is 0 Å². The van der Waals surface area contributed by atoms with E-state index >= 15 is 0 Å². The summed E-state index contributed by atoms with van der Waals surface area (Å²) in [4.78, 5) is 4.02. The van der Waals surface area contributed by atoms with Gasteiger partial charge in [-0.2, -0.15) is 0 Å². The summed E-state index contributed by atoms with van der Waals surface area (Å²) in [5, 5.41) is 0. The molecular formula is C7H8N. The van der Waals surface area contributed by atoms with Gasteiger partial charge in [0.2, 0.25) is 0 Å². The molecule has 0 amide bonds. The highest BCUT2D eigenvalue weighted by molar-refractivity contribution is 5.08. The molecule has 41 valence electrons. The first-order valence-corrected chi connectivity index (χ1v) is 2.60. The molecule has 1 heteroatoms. The van der Waals surface area contributed by atoms with Crippen LogP contribution in [-0.4, -0.2) is 4.98 Å². The molecule has 0 spiro atoms. The average molecular weight is 106 g/mol. The van der Waals surface area contributed by atoms with E-state index in [4.69, 9.17) is 0 Å². The van der Waals surface area contributed by atoms with E-state index in [1.165, 1.54) is 0 Å². The van der Waals surface area contributed by atoms with Crippen molar-refractivity contribution in [1.82, 2.24) is 4.98 Å². The minimum absolute atomic E-state index is 0.954. The normalized spacial score (nSPS) is 9.25. The van der Waals surface area contributed by atoms with Crippen molar-refractivity contribution in [3.63, 3.8) is 0 Å². The molecule has 0 unspecified atom stereocenters. The second-order valence-corrected chi connectivity index (χ2v) is 1.88. The van der Waals surface area contributed by atoms with Gasteiger partial charge >= 0.3 is 0 Å². The minimum atomic E-state index is 0.954. The molecular weight excluding hydrogens is 98.1 g/mol. The van der Waals surface area contributed by atoms with Gasteiger partial charge in [0.15, 0.2) is 0 Å². The minimum Gasteiger partial charge on any atom is -0.261 e. The lowest BCUT2D eigenvalue weighted by molar-refractivity contribution is 1.16. The van der Waals surface area contributed by atoms with E-state index in [1.54, 1.807) is 0 Å². The Morgan fingerprint density at radius 2 is 2.25 bits per heavy atom. The highest BCUT2D eigenvalue weighted by Gasteiger charge is 1.82. The summed E-state index contributed by atoms with van der Waals surface area (Å²) in [5.74, 6) is 0. The molecule has 0 N–H and O–H groups in total. The maximum atomic E-state index is 4.02. The molecule has 8 heavy (non-hydrogen) atoms. The van der Waals surface area contributed by atoms with Gasteiger partial charge in [-0.1, -0.05) is 0 Å². The molecule has 0 atom stereocenters. The Morgan fingerprint density at radius 1 is 1.50 bits per heavy atom. The molecule has 1 aromatic rings. The molecule has 0 saturated carbocycles. The number of rotatable bonds is 0. The summed E-state index contributed by atoms with van der Waals surface area (Å²) in [5.41, 5.74) is 2.12. The molecule has 0 saturated heterocycles. The summed E-state index contributed by atoms with van der Waals surface area (Å²) in [6, 6.07) is 4.92. The predicted molar refractivity (Wildman–Crippen MR) is 32.5 cm³/mol. The van der Waals surface area contributed by atoms with Gasteiger partial charge < -0.3 is 0 Å². The summed E-state index contributed by atoms with van der Waals surface area (Å²) >= 11 is 0. The van der Waals surface area contributed by atoms with E-state index in [9.17, 15) is 0 Å². The zero-order valence-corrected chi connectivity index (χ0v) is 5.10. The van der Waals surface area contributed by atoms with E-state index in [-0.39, 0.29) is 0 Å². The van der Waals surface area contributed by atoms with Crippen LogP contribution in [-0.2, 0) is 0 Å². The lowest BCUT2D eigenvalue weighted by atomic mass is 10.3. The number of nitrogens with zero attached hydrogens (tertiary/aromatic N) is 1. The molecule has 0 bridgehead atoms. The Kier molecular flexibility index (Phi) is 1.29. The second kappa shape index (κ2) is 1.95. The molecule has 1 heterocycles. The van der Waals surface area contributed by atoms with Crippen LogP contribution in [0.5, 0.6) is 0 Å². The molecule has 1 nitrogen and oxygen atoms in total. The van der Waals surface area contributed by atoms with Crippen molar-refractivity contribution in [3.8, 4) is 0 Å². The summed E-state index contributed by atoms with van der Waals surface area (Å²) in [6.45, 7) is 3.93.